The zero-order valence-electron chi connectivity index (χ0n) is 15.8. The number of carbonyl (C=O) groups is 4. The fraction of sp³-hybridized carbons (Fsp3) is 0.500. The number of hydrogen-bond acceptors (Lipinski definition) is 6. The van der Waals surface area contributed by atoms with Gasteiger partial charge in [-0.1, -0.05) is 30.8 Å². The van der Waals surface area contributed by atoms with Gasteiger partial charge >= 0.3 is 5.97 Å². The van der Waals surface area contributed by atoms with Crippen LogP contribution in [0.15, 0.2) is 18.2 Å². The molecular formula is C20H23NO5S2. The predicted octanol–water partition coefficient (Wildman–Crippen LogP) is 2.63. The molecule has 8 heteroatoms. The second kappa shape index (κ2) is 8.69. The van der Waals surface area contributed by atoms with Crippen molar-refractivity contribution in [2.75, 3.05) is 11.6 Å². The molecule has 0 bridgehead atoms. The number of amides is 1. The summed E-state index contributed by atoms with van der Waals surface area (Å²) in [6, 6.07) is 4.71. The number of ketones is 1. The molecule has 150 valence electrons. The van der Waals surface area contributed by atoms with E-state index in [-0.39, 0.29) is 16.8 Å². The van der Waals surface area contributed by atoms with Crippen LogP contribution in [0.2, 0.25) is 0 Å². The summed E-state index contributed by atoms with van der Waals surface area (Å²) in [5.41, 5.74) is 2.90. The zero-order chi connectivity index (χ0) is 20.4. The highest BCUT2D eigenvalue weighted by atomic mass is 32.2. The lowest BCUT2D eigenvalue weighted by atomic mass is 9.95. The van der Waals surface area contributed by atoms with Crippen molar-refractivity contribution in [2.45, 2.75) is 44.4 Å². The quantitative estimate of drug-likeness (QED) is 0.706. The van der Waals surface area contributed by atoms with E-state index in [0.717, 1.165) is 36.6 Å². The van der Waals surface area contributed by atoms with Gasteiger partial charge in [0.25, 0.3) is 0 Å². The maximum atomic E-state index is 13.2. The summed E-state index contributed by atoms with van der Waals surface area (Å²) in [7, 11) is 0. The largest absolute Gasteiger partial charge is 0.480 e. The van der Waals surface area contributed by atoms with E-state index in [4.69, 9.17) is 0 Å². The van der Waals surface area contributed by atoms with Crippen LogP contribution < -0.4 is 0 Å². The molecule has 1 aromatic carbocycles. The Hall–Kier alpha value is -1.80. The number of thioether (sulfide) groups is 2. The molecule has 1 N–H and O–H groups in total. The van der Waals surface area contributed by atoms with Crippen molar-refractivity contribution in [3.8, 4) is 0 Å². The minimum absolute atomic E-state index is 0.246. The highest BCUT2D eigenvalue weighted by molar-refractivity contribution is 8.14. The topological polar surface area (TPSA) is 91.8 Å². The molecule has 0 spiro atoms. The SMILES string of the molecule is CC(=O)SC(C(=O)c1ccc2c(c1)CCC2)[C@@H](C)C(=O)N1CSC[C@H]1C(=O)O. The summed E-state index contributed by atoms with van der Waals surface area (Å²) in [4.78, 5) is 50.7. The number of hydrogen-bond donors (Lipinski definition) is 1. The average Bonchev–Trinajstić information content (AvgIpc) is 3.32. The van der Waals surface area contributed by atoms with Crippen molar-refractivity contribution >= 4 is 46.3 Å². The van der Waals surface area contributed by atoms with Crippen molar-refractivity contribution in [1.82, 2.24) is 4.90 Å². The second-order valence-electron chi connectivity index (χ2n) is 7.18. The van der Waals surface area contributed by atoms with Crippen LogP contribution in [-0.2, 0) is 27.2 Å². The molecule has 6 nitrogen and oxygen atoms in total. The first-order valence-corrected chi connectivity index (χ1v) is 11.3. The summed E-state index contributed by atoms with van der Waals surface area (Å²) in [6.07, 6.45) is 3.00. The average molecular weight is 422 g/mol. The van der Waals surface area contributed by atoms with Crippen molar-refractivity contribution in [2.24, 2.45) is 5.92 Å². The lowest BCUT2D eigenvalue weighted by molar-refractivity contribution is -0.149. The molecule has 1 amide bonds. The van der Waals surface area contributed by atoms with Gasteiger partial charge in [0.05, 0.1) is 17.0 Å². The number of benzene rings is 1. The summed E-state index contributed by atoms with van der Waals surface area (Å²) in [5.74, 6) is -1.89. The third-order valence-electron chi connectivity index (χ3n) is 5.23. The molecule has 3 rings (SSSR count). The van der Waals surface area contributed by atoms with E-state index >= 15 is 0 Å². The Morgan fingerprint density at radius 1 is 1.21 bits per heavy atom. The minimum atomic E-state index is -1.05. The first kappa shape index (κ1) is 20.9. The van der Waals surface area contributed by atoms with Crippen LogP contribution in [0.1, 0.15) is 41.8 Å². The lowest BCUT2D eigenvalue weighted by Crippen LogP contribution is -2.47. The Morgan fingerprint density at radius 3 is 2.61 bits per heavy atom. The Labute approximate surface area is 172 Å². The van der Waals surface area contributed by atoms with Gasteiger partial charge in [-0.25, -0.2) is 4.79 Å². The van der Waals surface area contributed by atoms with Gasteiger partial charge in [0, 0.05) is 18.2 Å². The lowest BCUT2D eigenvalue weighted by Gasteiger charge is -2.27. The molecule has 0 radical (unpaired) electrons. The van der Waals surface area contributed by atoms with E-state index in [0.29, 0.717) is 11.3 Å². The molecule has 0 saturated carbocycles. The number of nitrogens with zero attached hydrogens (tertiary/aromatic N) is 1. The Morgan fingerprint density at radius 2 is 1.93 bits per heavy atom. The summed E-state index contributed by atoms with van der Waals surface area (Å²) in [5, 5.41) is 8.23. The van der Waals surface area contributed by atoms with Gasteiger partial charge < -0.3 is 10.0 Å². The van der Waals surface area contributed by atoms with Crippen LogP contribution in [-0.4, -0.2) is 55.7 Å². The first-order chi connectivity index (χ1) is 13.3. The zero-order valence-corrected chi connectivity index (χ0v) is 17.5. The molecule has 1 heterocycles. The fourth-order valence-electron chi connectivity index (χ4n) is 3.71. The molecule has 3 atom stereocenters. The predicted molar refractivity (Wildman–Crippen MR) is 110 cm³/mol. The number of carboxylic acid groups (broad SMARTS) is 1. The van der Waals surface area contributed by atoms with Gasteiger partial charge in [0.15, 0.2) is 10.9 Å². The van der Waals surface area contributed by atoms with Gasteiger partial charge in [0.1, 0.15) is 6.04 Å². The molecule has 0 aromatic heterocycles. The number of Topliss-reactive ketones (excluding diaryl/α,β-unsaturated/α-hetero) is 1. The highest BCUT2D eigenvalue weighted by Crippen LogP contribution is 2.31. The molecule has 28 heavy (non-hydrogen) atoms. The van der Waals surface area contributed by atoms with Crippen LogP contribution in [0.25, 0.3) is 0 Å². The second-order valence-corrected chi connectivity index (χ2v) is 9.50. The van der Waals surface area contributed by atoms with E-state index < -0.39 is 29.1 Å². The highest BCUT2D eigenvalue weighted by Gasteiger charge is 2.41. The van der Waals surface area contributed by atoms with Gasteiger partial charge in [-0.3, -0.25) is 14.4 Å². The molecule has 1 saturated heterocycles. The van der Waals surface area contributed by atoms with E-state index in [2.05, 4.69) is 0 Å². The van der Waals surface area contributed by atoms with Crippen LogP contribution in [0.4, 0.5) is 0 Å². The Bertz CT molecular complexity index is 825. The number of fused-ring (bicyclic) bond motifs is 1. The molecule has 1 aliphatic carbocycles. The standard InChI is InChI=1S/C20H23NO5S2/c1-11(19(24)21-10-27-9-16(21)20(25)26)18(28-12(2)22)17(23)15-7-6-13-4-3-5-14(13)8-15/h6-8,11,16,18H,3-5,9-10H2,1-2H3,(H,25,26)/t11-,16+,18?/m1/s1. The summed E-state index contributed by atoms with van der Waals surface area (Å²) in [6.45, 7) is 2.98. The van der Waals surface area contributed by atoms with Crippen molar-refractivity contribution in [3.63, 3.8) is 0 Å². The number of aliphatic carboxylic acids is 1. The van der Waals surface area contributed by atoms with Crippen LogP contribution in [0, 0.1) is 5.92 Å². The van der Waals surface area contributed by atoms with Crippen LogP contribution in [0.3, 0.4) is 0 Å². The molecule has 1 aliphatic heterocycles. The molecular weight excluding hydrogens is 398 g/mol. The van der Waals surface area contributed by atoms with Crippen molar-refractivity contribution in [3.05, 3.63) is 34.9 Å². The molecule has 1 unspecified atom stereocenters. The van der Waals surface area contributed by atoms with E-state index in [1.807, 2.05) is 12.1 Å². The third kappa shape index (κ3) is 4.27. The van der Waals surface area contributed by atoms with Crippen molar-refractivity contribution < 1.29 is 24.3 Å². The van der Waals surface area contributed by atoms with Crippen LogP contribution in [0.5, 0.6) is 0 Å². The Kier molecular flexibility index (Phi) is 6.50. The third-order valence-corrected chi connectivity index (χ3v) is 7.45. The number of carboxylic acids is 1. The Balaban J connectivity index is 1.84. The maximum Gasteiger partial charge on any atom is 0.327 e. The number of carbonyl (C=O) groups excluding carboxylic acids is 3. The monoisotopic (exact) mass is 421 g/mol. The molecule has 2 aliphatic rings. The normalized spacial score (nSPS) is 20.5. The van der Waals surface area contributed by atoms with Gasteiger partial charge in [-0.05, 0) is 36.5 Å². The van der Waals surface area contributed by atoms with Gasteiger partial charge in [0.2, 0.25) is 5.91 Å². The number of aryl methyl sites for hydroxylation is 2. The van der Waals surface area contributed by atoms with E-state index in [1.54, 1.807) is 13.0 Å². The van der Waals surface area contributed by atoms with Gasteiger partial charge in [-0.2, -0.15) is 0 Å². The molecule has 1 fully saturated rings. The van der Waals surface area contributed by atoms with Gasteiger partial charge in [-0.15, -0.1) is 11.8 Å². The smallest absolute Gasteiger partial charge is 0.327 e. The minimum Gasteiger partial charge on any atom is -0.480 e. The summed E-state index contributed by atoms with van der Waals surface area (Å²) < 4.78 is 0. The maximum absolute atomic E-state index is 13.2. The number of rotatable bonds is 6. The fourth-order valence-corrected chi connectivity index (χ4v) is 5.78. The summed E-state index contributed by atoms with van der Waals surface area (Å²) >= 11 is 2.22. The van der Waals surface area contributed by atoms with E-state index in [9.17, 15) is 24.3 Å². The van der Waals surface area contributed by atoms with E-state index in [1.165, 1.54) is 29.1 Å². The molecule has 1 aromatic rings. The first-order valence-electron chi connectivity index (χ1n) is 9.24. The van der Waals surface area contributed by atoms with Crippen molar-refractivity contribution in [1.29, 1.82) is 0 Å². The van der Waals surface area contributed by atoms with Crippen LogP contribution >= 0.6 is 23.5 Å².